The van der Waals surface area contributed by atoms with Gasteiger partial charge < -0.3 is 4.74 Å². The van der Waals surface area contributed by atoms with Crippen molar-refractivity contribution in [2.24, 2.45) is 5.92 Å². The van der Waals surface area contributed by atoms with E-state index in [4.69, 9.17) is 14.7 Å². The summed E-state index contributed by atoms with van der Waals surface area (Å²) in [6, 6.07) is 61.2. The molecule has 4 aliphatic rings. The van der Waals surface area contributed by atoms with Gasteiger partial charge in [-0.05, 0) is 57.1 Å². The first-order valence-corrected chi connectivity index (χ1v) is 20.7. The highest BCUT2D eigenvalue weighted by Crippen LogP contribution is 2.65. The zero-order valence-corrected chi connectivity index (χ0v) is 32.9. The molecule has 0 fully saturated rings. The molecule has 3 heteroatoms. The standard InChI is InChI=1S/C56H40N2O/c1-55(2)44-25-11-8-20-38(44)41-32-31-36(33-49(41)55)51-34-50(35-17-4-3-5-18-35)57-54(58-51)43-23-7-6-19-37(43)42-24-16-29-48-53(42)59-52-30-15-14-28-47(52)56(48)45-26-12-9-21-39(45)40-22-10-13-27-46(40)56/h3-34,39,45H,1-2H3. The van der Waals surface area contributed by atoms with E-state index in [1.165, 1.54) is 44.5 Å². The van der Waals surface area contributed by atoms with Gasteiger partial charge in [0.05, 0.1) is 16.8 Å². The van der Waals surface area contributed by atoms with E-state index in [9.17, 15) is 0 Å². The molecule has 3 nitrogen and oxygen atoms in total. The van der Waals surface area contributed by atoms with Crippen LogP contribution in [0.4, 0.5) is 0 Å². The molecule has 8 aromatic rings. The minimum atomic E-state index is -0.435. The Morgan fingerprint density at radius 3 is 1.93 bits per heavy atom. The monoisotopic (exact) mass is 756 g/mol. The molecule has 1 aromatic heterocycles. The Labute approximate surface area is 345 Å². The number of aromatic nitrogens is 2. The summed E-state index contributed by atoms with van der Waals surface area (Å²) in [7, 11) is 0. The van der Waals surface area contributed by atoms with Crippen LogP contribution in [-0.4, -0.2) is 9.97 Å². The minimum absolute atomic E-state index is 0.126. The Kier molecular flexibility index (Phi) is 7.32. The van der Waals surface area contributed by atoms with Crippen LogP contribution in [0.2, 0.25) is 0 Å². The average molecular weight is 757 g/mol. The fourth-order valence-corrected chi connectivity index (χ4v) is 10.8. The first-order chi connectivity index (χ1) is 29.0. The molecule has 3 atom stereocenters. The van der Waals surface area contributed by atoms with E-state index >= 15 is 0 Å². The second-order valence-corrected chi connectivity index (χ2v) is 16.8. The quantitative estimate of drug-likeness (QED) is 0.179. The third-order valence-electron chi connectivity index (χ3n) is 13.5. The van der Waals surface area contributed by atoms with Gasteiger partial charge in [-0.1, -0.05) is 190 Å². The fraction of sp³-hybridized carbons (Fsp3) is 0.107. The SMILES string of the molecule is CC1(C)c2ccccc2-c2ccc(-c3cc(-c4ccccc4)nc(-c4ccccc4-c4cccc5c4Oc4ccccc4C54c5ccccc5C5C=CC=CC54)n3)cc21. The summed E-state index contributed by atoms with van der Waals surface area (Å²) in [6.45, 7) is 4.66. The van der Waals surface area contributed by atoms with E-state index in [0.29, 0.717) is 5.82 Å². The van der Waals surface area contributed by atoms with Gasteiger partial charge in [-0.25, -0.2) is 9.97 Å². The molecule has 0 radical (unpaired) electrons. The summed E-state index contributed by atoms with van der Waals surface area (Å²) in [4.78, 5) is 10.8. The predicted octanol–water partition coefficient (Wildman–Crippen LogP) is 13.7. The lowest BCUT2D eigenvalue weighted by Gasteiger charge is -2.43. The maximum absolute atomic E-state index is 7.13. The van der Waals surface area contributed by atoms with Crippen molar-refractivity contribution in [3.8, 4) is 67.7 Å². The Bertz CT molecular complexity index is 3080. The molecular formula is C56H40N2O. The number of hydrogen-bond acceptors (Lipinski definition) is 3. The molecule has 3 aliphatic carbocycles. The van der Waals surface area contributed by atoms with E-state index in [0.717, 1.165) is 50.7 Å². The number of rotatable bonds is 4. The molecular weight excluding hydrogens is 717 g/mol. The molecule has 0 bridgehead atoms. The smallest absolute Gasteiger partial charge is 0.161 e. The molecule has 7 aromatic carbocycles. The first-order valence-electron chi connectivity index (χ1n) is 20.7. The van der Waals surface area contributed by atoms with E-state index in [2.05, 4.69) is 208 Å². The van der Waals surface area contributed by atoms with Crippen LogP contribution in [-0.2, 0) is 10.8 Å². The molecule has 59 heavy (non-hydrogen) atoms. The van der Waals surface area contributed by atoms with Crippen molar-refractivity contribution in [1.82, 2.24) is 9.97 Å². The highest BCUT2D eigenvalue weighted by atomic mass is 16.5. The van der Waals surface area contributed by atoms with Gasteiger partial charge in [0.2, 0.25) is 0 Å². The highest BCUT2D eigenvalue weighted by Gasteiger charge is 2.56. The van der Waals surface area contributed by atoms with Crippen LogP contribution < -0.4 is 4.74 Å². The average Bonchev–Trinajstić information content (AvgIpc) is 3.72. The minimum Gasteiger partial charge on any atom is -0.456 e. The third-order valence-corrected chi connectivity index (χ3v) is 13.5. The van der Waals surface area contributed by atoms with Crippen LogP contribution in [0.15, 0.2) is 194 Å². The molecule has 12 rings (SSSR count). The van der Waals surface area contributed by atoms with Crippen molar-refractivity contribution in [1.29, 1.82) is 0 Å². The molecule has 0 saturated heterocycles. The van der Waals surface area contributed by atoms with E-state index in [1.807, 2.05) is 0 Å². The zero-order valence-electron chi connectivity index (χ0n) is 32.9. The molecule has 2 heterocycles. The second kappa shape index (κ2) is 12.7. The van der Waals surface area contributed by atoms with Crippen molar-refractivity contribution in [2.45, 2.75) is 30.6 Å². The van der Waals surface area contributed by atoms with E-state index < -0.39 is 5.41 Å². The van der Waals surface area contributed by atoms with Gasteiger partial charge in [-0.15, -0.1) is 0 Å². The molecule has 3 unspecified atom stereocenters. The summed E-state index contributed by atoms with van der Waals surface area (Å²) < 4.78 is 7.13. The number of benzene rings is 7. The van der Waals surface area contributed by atoms with Crippen LogP contribution in [0.25, 0.3) is 56.2 Å². The van der Waals surface area contributed by atoms with Crippen molar-refractivity contribution in [2.75, 3.05) is 0 Å². The summed E-state index contributed by atoms with van der Waals surface area (Å²) in [5.74, 6) is 2.91. The fourth-order valence-electron chi connectivity index (χ4n) is 10.8. The zero-order chi connectivity index (χ0) is 39.3. The first kappa shape index (κ1) is 34.0. The number of hydrogen-bond donors (Lipinski definition) is 0. The largest absolute Gasteiger partial charge is 0.456 e. The van der Waals surface area contributed by atoms with Gasteiger partial charge in [-0.2, -0.15) is 0 Å². The number of allylic oxidation sites excluding steroid dienone is 4. The van der Waals surface area contributed by atoms with Crippen molar-refractivity contribution in [3.05, 3.63) is 228 Å². The number of ether oxygens (including phenoxy) is 1. The molecule has 1 aliphatic heterocycles. The second-order valence-electron chi connectivity index (χ2n) is 16.8. The number of fused-ring (bicyclic) bond motifs is 12. The Morgan fingerprint density at radius 2 is 1.08 bits per heavy atom. The molecule has 0 amide bonds. The van der Waals surface area contributed by atoms with Crippen LogP contribution >= 0.6 is 0 Å². The molecule has 0 N–H and O–H groups in total. The van der Waals surface area contributed by atoms with Crippen molar-refractivity contribution < 1.29 is 4.74 Å². The van der Waals surface area contributed by atoms with Crippen LogP contribution in [0.1, 0.15) is 53.1 Å². The van der Waals surface area contributed by atoms with E-state index in [1.54, 1.807) is 0 Å². The number of para-hydroxylation sites is 2. The third kappa shape index (κ3) is 4.82. The van der Waals surface area contributed by atoms with Gasteiger partial charge in [0.15, 0.2) is 5.82 Å². The van der Waals surface area contributed by atoms with Gasteiger partial charge in [0.25, 0.3) is 0 Å². The van der Waals surface area contributed by atoms with E-state index in [-0.39, 0.29) is 17.3 Å². The lowest BCUT2D eigenvalue weighted by Crippen LogP contribution is -2.37. The van der Waals surface area contributed by atoms with Crippen LogP contribution in [0.5, 0.6) is 11.5 Å². The Balaban J connectivity index is 1.06. The summed E-state index contributed by atoms with van der Waals surface area (Å²) in [5, 5.41) is 0. The van der Waals surface area contributed by atoms with Gasteiger partial charge >= 0.3 is 0 Å². The lowest BCUT2D eigenvalue weighted by molar-refractivity contribution is 0.375. The van der Waals surface area contributed by atoms with Gasteiger partial charge in [-0.3, -0.25) is 0 Å². The molecule has 0 saturated carbocycles. The van der Waals surface area contributed by atoms with Crippen molar-refractivity contribution >= 4 is 0 Å². The topological polar surface area (TPSA) is 35.0 Å². The van der Waals surface area contributed by atoms with Gasteiger partial charge in [0.1, 0.15) is 11.5 Å². The lowest BCUT2D eigenvalue weighted by atomic mass is 9.61. The van der Waals surface area contributed by atoms with Crippen LogP contribution in [0, 0.1) is 5.92 Å². The summed E-state index contributed by atoms with van der Waals surface area (Å²) >= 11 is 0. The predicted molar refractivity (Wildman–Crippen MR) is 239 cm³/mol. The van der Waals surface area contributed by atoms with Gasteiger partial charge in [0, 0.05) is 50.6 Å². The normalized spacial score (nSPS) is 19.6. The van der Waals surface area contributed by atoms with Crippen LogP contribution in [0.3, 0.4) is 0 Å². The maximum Gasteiger partial charge on any atom is 0.161 e. The highest BCUT2D eigenvalue weighted by molar-refractivity contribution is 5.89. The number of nitrogens with zero attached hydrogens (tertiary/aromatic N) is 2. The molecule has 1 spiro atoms. The maximum atomic E-state index is 7.13. The summed E-state index contributed by atoms with van der Waals surface area (Å²) in [5.41, 5.74) is 16.7. The summed E-state index contributed by atoms with van der Waals surface area (Å²) in [6.07, 6.45) is 9.22. The van der Waals surface area contributed by atoms with Crippen molar-refractivity contribution in [3.63, 3.8) is 0 Å². The Hall–Kier alpha value is -7.10. The Morgan fingerprint density at radius 1 is 0.458 bits per heavy atom. The molecule has 280 valence electrons.